The Bertz CT molecular complexity index is 75.3. The summed E-state index contributed by atoms with van der Waals surface area (Å²) in [6.45, 7) is 8.38. The van der Waals surface area contributed by atoms with Crippen molar-refractivity contribution < 1.29 is 0 Å². The summed E-state index contributed by atoms with van der Waals surface area (Å²) in [5.74, 6) is 0. The number of nitrogens with zero attached hydrogens (tertiary/aromatic N) is 1. The van der Waals surface area contributed by atoms with Gasteiger partial charge in [0.2, 0.25) is 0 Å². The van der Waals surface area contributed by atoms with Crippen LogP contribution in [0.25, 0.3) is 0 Å². The van der Waals surface area contributed by atoms with Crippen molar-refractivity contribution in [3.8, 4) is 0 Å². The largest absolute Gasteiger partial charge is 0.315 e. The van der Waals surface area contributed by atoms with E-state index in [0.29, 0.717) is 0 Å². The number of likely N-dealkylation sites (N-methyl/N-ethyl adjacent to an activating group) is 1. The number of hydrogen-bond acceptors (Lipinski definition) is 2. The Morgan fingerprint density at radius 3 is 2.90 bits per heavy atom. The van der Waals surface area contributed by atoms with Gasteiger partial charge in [-0.3, -0.25) is 0 Å². The molecule has 10 heavy (non-hydrogen) atoms. The van der Waals surface area contributed by atoms with E-state index in [2.05, 4.69) is 17.1 Å². The van der Waals surface area contributed by atoms with E-state index in [1.807, 2.05) is 0 Å². The molecule has 1 aliphatic heterocycles. The van der Waals surface area contributed by atoms with E-state index in [1.54, 1.807) is 0 Å². The van der Waals surface area contributed by atoms with Crippen molar-refractivity contribution in [2.45, 2.75) is 19.8 Å². The SMILES string of the molecule is CCN1CCCCNCC1. The normalized spacial score (nSPS) is 23.7. The highest BCUT2D eigenvalue weighted by molar-refractivity contribution is 4.62. The van der Waals surface area contributed by atoms with Gasteiger partial charge in [0.15, 0.2) is 0 Å². The van der Waals surface area contributed by atoms with Crippen molar-refractivity contribution in [2.24, 2.45) is 0 Å². The highest BCUT2D eigenvalue weighted by Gasteiger charge is 2.03. The molecule has 0 aromatic carbocycles. The van der Waals surface area contributed by atoms with Gasteiger partial charge in [-0.2, -0.15) is 0 Å². The molecule has 1 heterocycles. The average Bonchev–Trinajstić information content (AvgIpc) is 1.87. The van der Waals surface area contributed by atoms with Crippen molar-refractivity contribution in [3.63, 3.8) is 0 Å². The van der Waals surface area contributed by atoms with Crippen LogP contribution in [0.3, 0.4) is 0 Å². The van der Waals surface area contributed by atoms with E-state index in [1.165, 1.54) is 45.6 Å². The van der Waals surface area contributed by atoms with Crippen LogP contribution in [0.5, 0.6) is 0 Å². The predicted molar refractivity (Wildman–Crippen MR) is 44.2 cm³/mol. The molecular weight excluding hydrogens is 124 g/mol. The number of nitrogens with one attached hydrogen (secondary N) is 1. The Labute approximate surface area is 63.6 Å². The van der Waals surface area contributed by atoms with Gasteiger partial charge in [-0.1, -0.05) is 6.92 Å². The van der Waals surface area contributed by atoms with Gasteiger partial charge >= 0.3 is 0 Å². The zero-order chi connectivity index (χ0) is 7.23. The second-order valence-corrected chi connectivity index (χ2v) is 2.89. The lowest BCUT2D eigenvalue weighted by Gasteiger charge is -2.22. The third kappa shape index (κ3) is 2.67. The predicted octanol–water partition coefficient (Wildman–Crippen LogP) is 0.692. The van der Waals surface area contributed by atoms with Crippen LogP contribution >= 0.6 is 0 Å². The maximum atomic E-state index is 3.41. The first-order chi connectivity index (χ1) is 4.93. The molecule has 0 saturated carbocycles. The molecule has 2 nitrogen and oxygen atoms in total. The summed E-state index contributed by atoms with van der Waals surface area (Å²) in [6, 6.07) is 0. The van der Waals surface area contributed by atoms with Crippen molar-refractivity contribution in [2.75, 3.05) is 32.7 Å². The summed E-state index contributed by atoms with van der Waals surface area (Å²) >= 11 is 0. The van der Waals surface area contributed by atoms with Gasteiger partial charge < -0.3 is 10.2 Å². The Balaban J connectivity index is 2.16. The number of hydrogen-bond donors (Lipinski definition) is 1. The quantitative estimate of drug-likeness (QED) is 0.579. The van der Waals surface area contributed by atoms with Crippen molar-refractivity contribution >= 4 is 0 Å². The average molecular weight is 142 g/mol. The zero-order valence-electron chi connectivity index (χ0n) is 6.90. The van der Waals surface area contributed by atoms with E-state index < -0.39 is 0 Å². The third-order valence-corrected chi connectivity index (χ3v) is 2.13. The van der Waals surface area contributed by atoms with Crippen LogP contribution in [-0.4, -0.2) is 37.6 Å². The minimum Gasteiger partial charge on any atom is -0.315 e. The Hall–Kier alpha value is -0.0800. The van der Waals surface area contributed by atoms with Crippen molar-refractivity contribution in [3.05, 3.63) is 0 Å². The summed E-state index contributed by atoms with van der Waals surface area (Å²) in [5.41, 5.74) is 0. The molecule has 1 rings (SSSR count). The molecule has 1 N–H and O–H groups in total. The highest BCUT2D eigenvalue weighted by atomic mass is 15.1. The first-order valence-electron chi connectivity index (χ1n) is 4.36. The van der Waals surface area contributed by atoms with E-state index in [4.69, 9.17) is 0 Å². The minimum atomic E-state index is 1.17. The summed E-state index contributed by atoms with van der Waals surface area (Å²) in [7, 11) is 0. The number of rotatable bonds is 1. The van der Waals surface area contributed by atoms with Crippen molar-refractivity contribution in [1.29, 1.82) is 0 Å². The zero-order valence-corrected chi connectivity index (χ0v) is 6.90. The smallest absolute Gasteiger partial charge is 0.0107 e. The molecule has 1 saturated heterocycles. The van der Waals surface area contributed by atoms with Gasteiger partial charge in [-0.05, 0) is 32.5 Å². The lowest BCUT2D eigenvalue weighted by molar-refractivity contribution is 0.267. The van der Waals surface area contributed by atoms with Crippen LogP contribution in [0.2, 0.25) is 0 Å². The van der Waals surface area contributed by atoms with Crippen LogP contribution in [0.4, 0.5) is 0 Å². The van der Waals surface area contributed by atoms with E-state index >= 15 is 0 Å². The second-order valence-electron chi connectivity index (χ2n) is 2.89. The molecule has 1 aliphatic rings. The maximum absolute atomic E-state index is 3.41. The fourth-order valence-electron chi connectivity index (χ4n) is 1.38. The van der Waals surface area contributed by atoms with Gasteiger partial charge in [-0.25, -0.2) is 0 Å². The van der Waals surface area contributed by atoms with Crippen LogP contribution in [0.1, 0.15) is 19.8 Å². The molecule has 0 bridgehead atoms. The van der Waals surface area contributed by atoms with Gasteiger partial charge in [0.1, 0.15) is 0 Å². The van der Waals surface area contributed by atoms with E-state index in [-0.39, 0.29) is 0 Å². The lowest BCUT2D eigenvalue weighted by Crippen LogP contribution is -2.35. The molecule has 60 valence electrons. The Morgan fingerprint density at radius 1 is 1.20 bits per heavy atom. The van der Waals surface area contributed by atoms with Gasteiger partial charge in [0.05, 0.1) is 0 Å². The van der Waals surface area contributed by atoms with Crippen LogP contribution in [0.15, 0.2) is 0 Å². The first kappa shape index (κ1) is 8.02. The molecule has 0 atom stereocenters. The fraction of sp³-hybridized carbons (Fsp3) is 1.00. The first-order valence-corrected chi connectivity index (χ1v) is 4.36. The Kier molecular flexibility index (Phi) is 3.76. The summed E-state index contributed by atoms with van der Waals surface area (Å²) < 4.78 is 0. The monoisotopic (exact) mass is 142 g/mol. The summed E-state index contributed by atoms with van der Waals surface area (Å²) in [6.07, 6.45) is 2.71. The molecular formula is C8H18N2. The highest BCUT2D eigenvalue weighted by Crippen LogP contribution is 1.96. The summed E-state index contributed by atoms with van der Waals surface area (Å²) in [5, 5.41) is 3.41. The van der Waals surface area contributed by atoms with E-state index in [9.17, 15) is 0 Å². The van der Waals surface area contributed by atoms with Crippen molar-refractivity contribution in [1.82, 2.24) is 10.2 Å². The fourth-order valence-corrected chi connectivity index (χ4v) is 1.38. The van der Waals surface area contributed by atoms with Gasteiger partial charge in [0.25, 0.3) is 0 Å². The molecule has 0 aromatic heterocycles. The maximum Gasteiger partial charge on any atom is 0.0107 e. The molecule has 0 aromatic rings. The molecule has 1 fully saturated rings. The molecule has 0 aliphatic carbocycles. The van der Waals surface area contributed by atoms with Crippen LogP contribution in [-0.2, 0) is 0 Å². The van der Waals surface area contributed by atoms with Gasteiger partial charge in [0, 0.05) is 13.1 Å². The molecule has 0 radical (unpaired) electrons. The lowest BCUT2D eigenvalue weighted by atomic mass is 10.2. The third-order valence-electron chi connectivity index (χ3n) is 2.13. The van der Waals surface area contributed by atoms with Crippen LogP contribution < -0.4 is 5.32 Å². The molecule has 0 amide bonds. The molecule has 0 spiro atoms. The molecule has 0 unspecified atom stereocenters. The summed E-state index contributed by atoms with van der Waals surface area (Å²) in [4.78, 5) is 2.51. The Morgan fingerprint density at radius 2 is 2.10 bits per heavy atom. The minimum absolute atomic E-state index is 1.17. The molecule has 2 heteroatoms. The van der Waals surface area contributed by atoms with Gasteiger partial charge in [-0.15, -0.1) is 0 Å². The second kappa shape index (κ2) is 4.69. The standard InChI is InChI=1S/C8H18N2/c1-2-10-7-4-3-5-9-6-8-10/h9H,2-8H2,1H3. The topological polar surface area (TPSA) is 15.3 Å². The van der Waals surface area contributed by atoms with Crippen LogP contribution in [0, 0.1) is 0 Å². The van der Waals surface area contributed by atoms with E-state index in [0.717, 1.165) is 0 Å².